The highest BCUT2D eigenvalue weighted by molar-refractivity contribution is 7.13. The first-order chi connectivity index (χ1) is 13.7. The Morgan fingerprint density at radius 2 is 1.82 bits per heavy atom. The number of aromatic amines is 1. The van der Waals surface area contributed by atoms with Gasteiger partial charge in [0.15, 0.2) is 5.65 Å². The highest BCUT2D eigenvalue weighted by Crippen LogP contribution is 2.18. The number of nitrogens with zero attached hydrogens (tertiary/aromatic N) is 4. The number of carbonyl (C=O) groups is 1. The number of fused-ring (bicyclic) bond motifs is 1. The maximum absolute atomic E-state index is 11.1. The van der Waals surface area contributed by atoms with Gasteiger partial charge in [0, 0.05) is 23.9 Å². The fourth-order valence-corrected chi connectivity index (χ4v) is 3.83. The van der Waals surface area contributed by atoms with Crippen LogP contribution in [0.25, 0.3) is 11.0 Å². The van der Waals surface area contributed by atoms with Crippen molar-refractivity contribution in [3.8, 4) is 0 Å². The van der Waals surface area contributed by atoms with Crippen molar-refractivity contribution in [1.29, 1.82) is 0 Å². The zero-order chi connectivity index (χ0) is 19.3. The Hall–Kier alpha value is -3.13. The summed E-state index contributed by atoms with van der Waals surface area (Å²) in [6.07, 6.45) is 4.39. The standard InChI is InChI=1S/C20H20N6OS/c21-18(27)20-26-24-17(28-20)9-5-4-8-15-11-14-12-16(22-19(14)25-23-15)10-13-6-2-1-3-7-13/h1-3,6-7,11-12H,4-5,8-10H2,(H2,21,27)(H,22,25). The number of primary amides is 1. The molecule has 3 N–H and O–H groups in total. The van der Waals surface area contributed by atoms with Crippen LogP contribution in [0.5, 0.6) is 0 Å². The summed E-state index contributed by atoms with van der Waals surface area (Å²) in [5.41, 5.74) is 9.40. The highest BCUT2D eigenvalue weighted by Gasteiger charge is 2.09. The summed E-state index contributed by atoms with van der Waals surface area (Å²) in [6.45, 7) is 0. The molecule has 7 nitrogen and oxygen atoms in total. The molecule has 0 atom stereocenters. The van der Waals surface area contributed by atoms with E-state index in [0.29, 0.717) is 0 Å². The SMILES string of the molecule is NC(=O)c1nnc(CCCCc2cc3cc(Cc4ccccc4)[nH]c3nn2)s1. The number of aromatic nitrogens is 5. The van der Waals surface area contributed by atoms with Gasteiger partial charge in [-0.15, -0.1) is 15.3 Å². The van der Waals surface area contributed by atoms with Crippen molar-refractivity contribution >= 4 is 28.3 Å². The van der Waals surface area contributed by atoms with Crippen LogP contribution >= 0.6 is 11.3 Å². The number of benzene rings is 1. The number of carbonyl (C=O) groups excluding carboxylic acids is 1. The van der Waals surface area contributed by atoms with Gasteiger partial charge in [0.2, 0.25) is 5.01 Å². The van der Waals surface area contributed by atoms with Gasteiger partial charge in [-0.1, -0.05) is 41.7 Å². The monoisotopic (exact) mass is 392 g/mol. The summed E-state index contributed by atoms with van der Waals surface area (Å²) >= 11 is 1.26. The van der Waals surface area contributed by atoms with E-state index < -0.39 is 5.91 Å². The lowest BCUT2D eigenvalue weighted by Crippen LogP contribution is -2.10. The number of hydrogen-bond donors (Lipinski definition) is 2. The molecule has 28 heavy (non-hydrogen) atoms. The molecule has 3 heterocycles. The predicted molar refractivity (Wildman–Crippen MR) is 108 cm³/mol. The van der Waals surface area contributed by atoms with Crippen molar-refractivity contribution in [1.82, 2.24) is 25.4 Å². The second-order valence-electron chi connectivity index (χ2n) is 6.67. The van der Waals surface area contributed by atoms with Crippen molar-refractivity contribution in [2.45, 2.75) is 32.1 Å². The van der Waals surface area contributed by atoms with Crippen LogP contribution in [-0.2, 0) is 19.3 Å². The van der Waals surface area contributed by atoms with Crippen molar-refractivity contribution in [3.05, 3.63) is 69.4 Å². The van der Waals surface area contributed by atoms with E-state index >= 15 is 0 Å². The molecule has 8 heteroatoms. The molecular formula is C20H20N6OS. The van der Waals surface area contributed by atoms with E-state index in [2.05, 4.69) is 49.6 Å². The zero-order valence-electron chi connectivity index (χ0n) is 15.3. The van der Waals surface area contributed by atoms with E-state index in [1.807, 2.05) is 18.2 Å². The van der Waals surface area contributed by atoms with Crippen molar-refractivity contribution in [3.63, 3.8) is 0 Å². The molecule has 0 bridgehead atoms. The normalized spacial score (nSPS) is 11.1. The minimum atomic E-state index is -0.523. The summed E-state index contributed by atoms with van der Waals surface area (Å²) in [6, 6.07) is 14.6. The maximum Gasteiger partial charge on any atom is 0.279 e. The second kappa shape index (κ2) is 8.26. The second-order valence-corrected chi connectivity index (χ2v) is 7.73. The highest BCUT2D eigenvalue weighted by atomic mass is 32.1. The quantitative estimate of drug-likeness (QED) is 0.448. The Labute approximate surface area is 166 Å². The number of rotatable bonds is 8. The molecule has 4 rings (SSSR count). The lowest BCUT2D eigenvalue weighted by molar-refractivity contribution is 0.0999. The number of unbranched alkanes of at least 4 members (excludes halogenated alkanes) is 1. The van der Waals surface area contributed by atoms with E-state index in [4.69, 9.17) is 5.73 Å². The smallest absolute Gasteiger partial charge is 0.279 e. The first kappa shape index (κ1) is 18.2. The largest absolute Gasteiger partial charge is 0.363 e. The van der Waals surface area contributed by atoms with Crippen LogP contribution < -0.4 is 5.73 Å². The third-order valence-electron chi connectivity index (χ3n) is 4.47. The average molecular weight is 392 g/mol. The van der Waals surface area contributed by atoms with Crippen LogP contribution in [0.1, 0.15) is 44.6 Å². The van der Waals surface area contributed by atoms with Gasteiger partial charge in [0.05, 0.1) is 5.69 Å². The Balaban J connectivity index is 1.33. The molecule has 0 aliphatic heterocycles. The number of aryl methyl sites for hydroxylation is 2. The summed E-state index contributed by atoms with van der Waals surface area (Å²) < 4.78 is 0. The van der Waals surface area contributed by atoms with E-state index in [-0.39, 0.29) is 5.01 Å². The van der Waals surface area contributed by atoms with Crippen LogP contribution in [0.15, 0.2) is 42.5 Å². The third kappa shape index (κ3) is 4.40. The number of amides is 1. The molecule has 4 aromatic rings. The first-order valence-electron chi connectivity index (χ1n) is 9.18. The van der Waals surface area contributed by atoms with Gasteiger partial charge in [0.1, 0.15) is 5.01 Å². The minimum Gasteiger partial charge on any atom is -0.363 e. The molecule has 142 valence electrons. The summed E-state index contributed by atoms with van der Waals surface area (Å²) in [5, 5.41) is 18.6. The van der Waals surface area contributed by atoms with Crippen LogP contribution in [0.2, 0.25) is 0 Å². The minimum absolute atomic E-state index is 0.269. The van der Waals surface area contributed by atoms with Crippen LogP contribution in [0.4, 0.5) is 0 Å². The fraction of sp³-hybridized carbons (Fsp3) is 0.250. The Morgan fingerprint density at radius 3 is 2.61 bits per heavy atom. The van der Waals surface area contributed by atoms with Crippen LogP contribution in [-0.4, -0.2) is 31.3 Å². The van der Waals surface area contributed by atoms with E-state index in [1.165, 1.54) is 16.9 Å². The molecule has 0 fully saturated rings. The molecule has 0 aliphatic carbocycles. The Kier molecular flexibility index (Phi) is 5.38. The number of H-pyrrole nitrogens is 1. The molecular weight excluding hydrogens is 372 g/mol. The first-order valence-corrected chi connectivity index (χ1v) is 9.99. The van der Waals surface area contributed by atoms with Crippen molar-refractivity contribution in [2.75, 3.05) is 0 Å². The molecule has 0 saturated carbocycles. The van der Waals surface area contributed by atoms with Crippen molar-refractivity contribution in [2.24, 2.45) is 5.73 Å². The third-order valence-corrected chi connectivity index (χ3v) is 5.47. The molecule has 0 aliphatic rings. The van der Waals surface area contributed by atoms with Crippen LogP contribution in [0.3, 0.4) is 0 Å². The van der Waals surface area contributed by atoms with Gasteiger partial charge in [-0.05, 0) is 37.0 Å². The van der Waals surface area contributed by atoms with E-state index in [0.717, 1.165) is 59.5 Å². The summed E-state index contributed by atoms with van der Waals surface area (Å²) in [7, 11) is 0. The molecule has 3 aromatic heterocycles. The number of nitrogens with one attached hydrogen (secondary N) is 1. The molecule has 0 unspecified atom stereocenters. The van der Waals surface area contributed by atoms with Crippen LogP contribution in [0, 0.1) is 0 Å². The molecule has 1 amide bonds. The lowest BCUT2D eigenvalue weighted by atomic mass is 10.1. The lowest BCUT2D eigenvalue weighted by Gasteiger charge is -1.99. The van der Waals surface area contributed by atoms with Gasteiger partial charge in [0.25, 0.3) is 5.91 Å². The zero-order valence-corrected chi connectivity index (χ0v) is 16.1. The van der Waals surface area contributed by atoms with Gasteiger partial charge in [-0.3, -0.25) is 4.79 Å². The van der Waals surface area contributed by atoms with Gasteiger partial charge in [-0.25, -0.2) is 0 Å². The predicted octanol–water partition coefficient (Wildman–Crippen LogP) is 3.06. The topological polar surface area (TPSA) is 110 Å². The Morgan fingerprint density at radius 1 is 1.00 bits per heavy atom. The van der Waals surface area contributed by atoms with Gasteiger partial charge in [-0.2, -0.15) is 5.10 Å². The molecule has 1 aromatic carbocycles. The summed E-state index contributed by atoms with van der Waals surface area (Å²) in [5.74, 6) is -0.523. The van der Waals surface area contributed by atoms with Gasteiger partial charge >= 0.3 is 0 Å². The molecule has 0 radical (unpaired) electrons. The number of nitrogens with two attached hydrogens (primary N) is 1. The van der Waals surface area contributed by atoms with Gasteiger partial charge < -0.3 is 10.7 Å². The average Bonchev–Trinajstić information content (AvgIpc) is 3.32. The summed E-state index contributed by atoms with van der Waals surface area (Å²) in [4.78, 5) is 14.4. The molecule has 0 saturated heterocycles. The number of hydrogen-bond acceptors (Lipinski definition) is 6. The van der Waals surface area contributed by atoms with E-state index in [1.54, 1.807) is 0 Å². The fourth-order valence-electron chi connectivity index (χ4n) is 3.10. The maximum atomic E-state index is 11.1. The Bertz CT molecular complexity index is 1090. The van der Waals surface area contributed by atoms with E-state index in [9.17, 15) is 4.79 Å². The molecule has 0 spiro atoms. The van der Waals surface area contributed by atoms with Crippen molar-refractivity contribution < 1.29 is 4.79 Å².